The van der Waals surface area contributed by atoms with E-state index >= 15 is 0 Å². The Hall–Kier alpha value is -2.12. The van der Waals surface area contributed by atoms with Gasteiger partial charge in [-0.05, 0) is 51.0 Å². The van der Waals surface area contributed by atoms with Crippen LogP contribution in [0.3, 0.4) is 0 Å². The zero-order chi connectivity index (χ0) is 22.6. The first kappa shape index (κ1) is 23.1. The molecule has 2 aliphatic rings. The minimum absolute atomic E-state index is 0.159. The van der Waals surface area contributed by atoms with Gasteiger partial charge >= 0.3 is 0 Å². The van der Waals surface area contributed by atoms with Gasteiger partial charge in [-0.15, -0.1) is 0 Å². The molecule has 4 rings (SSSR count). The largest absolute Gasteiger partial charge is 0.490 e. The Morgan fingerprint density at radius 1 is 0.875 bits per heavy atom. The van der Waals surface area contributed by atoms with Crippen LogP contribution in [-0.4, -0.2) is 78.9 Å². The van der Waals surface area contributed by atoms with Gasteiger partial charge in [0, 0.05) is 38.4 Å². The van der Waals surface area contributed by atoms with E-state index in [9.17, 15) is 10.2 Å². The Morgan fingerprint density at radius 2 is 1.50 bits per heavy atom. The highest BCUT2D eigenvalue weighted by Gasteiger charge is 2.39. The second-order valence-electron chi connectivity index (χ2n) is 9.64. The molecular formula is C26H36N2O4. The highest BCUT2D eigenvalue weighted by Crippen LogP contribution is 2.28. The van der Waals surface area contributed by atoms with Gasteiger partial charge in [-0.3, -0.25) is 4.90 Å². The van der Waals surface area contributed by atoms with Crippen LogP contribution in [0, 0.1) is 13.8 Å². The zero-order valence-corrected chi connectivity index (χ0v) is 19.3. The maximum absolute atomic E-state index is 11.3. The van der Waals surface area contributed by atoms with Crippen molar-refractivity contribution >= 4 is 5.69 Å². The second kappa shape index (κ2) is 9.79. The Labute approximate surface area is 191 Å². The number of aryl methyl sites for hydroxylation is 2. The predicted molar refractivity (Wildman–Crippen MR) is 126 cm³/mol. The van der Waals surface area contributed by atoms with Gasteiger partial charge in [0.05, 0.1) is 18.8 Å². The third kappa shape index (κ3) is 6.01. The third-order valence-electron chi connectivity index (χ3n) is 6.58. The molecule has 32 heavy (non-hydrogen) atoms. The van der Waals surface area contributed by atoms with Crippen molar-refractivity contribution in [1.29, 1.82) is 0 Å². The van der Waals surface area contributed by atoms with Crippen LogP contribution in [0.2, 0.25) is 0 Å². The topological polar surface area (TPSA) is 65.4 Å². The first-order chi connectivity index (χ1) is 15.3. The molecule has 0 amide bonds. The van der Waals surface area contributed by atoms with Gasteiger partial charge in [0.25, 0.3) is 0 Å². The van der Waals surface area contributed by atoms with E-state index in [1.807, 2.05) is 31.2 Å². The summed E-state index contributed by atoms with van der Waals surface area (Å²) in [6.45, 7) is 8.35. The summed E-state index contributed by atoms with van der Waals surface area (Å²) in [4.78, 5) is 4.47. The highest BCUT2D eigenvalue weighted by atomic mass is 16.5. The molecule has 2 saturated heterocycles. The van der Waals surface area contributed by atoms with E-state index in [1.165, 1.54) is 16.8 Å². The summed E-state index contributed by atoms with van der Waals surface area (Å²) in [6, 6.07) is 16.4. The molecule has 2 aliphatic heterocycles. The van der Waals surface area contributed by atoms with Gasteiger partial charge in [-0.1, -0.05) is 35.4 Å². The molecule has 6 nitrogen and oxygen atoms in total. The van der Waals surface area contributed by atoms with E-state index in [-0.39, 0.29) is 13.2 Å². The lowest BCUT2D eigenvalue weighted by Gasteiger charge is -2.42. The fraction of sp³-hybridized carbons (Fsp3) is 0.538. The van der Waals surface area contributed by atoms with Crippen LogP contribution in [0.4, 0.5) is 5.69 Å². The molecular weight excluding hydrogens is 404 g/mol. The van der Waals surface area contributed by atoms with Gasteiger partial charge < -0.3 is 24.6 Å². The van der Waals surface area contributed by atoms with E-state index in [4.69, 9.17) is 9.47 Å². The fourth-order valence-electron chi connectivity index (χ4n) is 4.58. The molecule has 2 heterocycles. The van der Waals surface area contributed by atoms with Crippen LogP contribution in [0.15, 0.2) is 48.5 Å². The van der Waals surface area contributed by atoms with Crippen LogP contribution in [0.25, 0.3) is 0 Å². The lowest BCUT2D eigenvalue weighted by atomic mass is 9.90. The maximum Gasteiger partial charge on any atom is 0.134 e. The molecule has 2 fully saturated rings. The maximum atomic E-state index is 11.3. The van der Waals surface area contributed by atoms with Crippen LogP contribution in [-0.2, 0) is 4.74 Å². The van der Waals surface area contributed by atoms with E-state index in [2.05, 4.69) is 41.0 Å². The summed E-state index contributed by atoms with van der Waals surface area (Å²) in [7, 11) is 0. The molecule has 2 N–H and O–H groups in total. The number of benzene rings is 2. The molecule has 174 valence electrons. The summed E-state index contributed by atoms with van der Waals surface area (Å²) in [5, 5.41) is 22.5. The fourth-order valence-corrected chi connectivity index (χ4v) is 4.58. The molecule has 0 aromatic heterocycles. The smallest absolute Gasteiger partial charge is 0.134 e. The number of nitrogens with zero attached hydrogens (tertiary/aromatic N) is 2. The van der Waals surface area contributed by atoms with Crippen molar-refractivity contribution < 1.29 is 19.7 Å². The van der Waals surface area contributed by atoms with Crippen molar-refractivity contribution in [2.45, 2.75) is 37.9 Å². The first-order valence-electron chi connectivity index (χ1n) is 11.6. The number of hydrogen-bond donors (Lipinski definition) is 2. The number of β-amino-alcohol motifs (C(OH)–C–C–N with tert-alkyl or cyclic N) is 2. The molecule has 0 aliphatic carbocycles. The number of anilines is 1. The monoisotopic (exact) mass is 440 g/mol. The van der Waals surface area contributed by atoms with Crippen molar-refractivity contribution in [3.63, 3.8) is 0 Å². The molecule has 1 unspecified atom stereocenters. The number of aliphatic hydroxyl groups is 2. The van der Waals surface area contributed by atoms with Gasteiger partial charge in [0.15, 0.2) is 0 Å². The van der Waals surface area contributed by atoms with Crippen molar-refractivity contribution in [2.75, 3.05) is 57.4 Å². The summed E-state index contributed by atoms with van der Waals surface area (Å²) in [5.41, 5.74) is 1.76. The summed E-state index contributed by atoms with van der Waals surface area (Å²) >= 11 is 0. The standard InChI is InChI=1S/C26H36N2O4/c1-21-3-7-23(8-4-21)28-13-11-25(29,12-14-28)17-27-15-16-31-19-26(30,18-27)20-32-24-9-5-22(2)6-10-24/h3-10,29-30H,11-20H2,1-2H3. The predicted octanol–water partition coefficient (Wildman–Crippen LogP) is 2.78. The normalized spacial score (nSPS) is 24.2. The van der Waals surface area contributed by atoms with Crippen molar-refractivity contribution in [3.05, 3.63) is 59.7 Å². The molecule has 2 aromatic carbocycles. The molecule has 0 saturated carbocycles. The van der Waals surface area contributed by atoms with Crippen molar-refractivity contribution in [3.8, 4) is 5.75 Å². The lowest BCUT2D eigenvalue weighted by Crippen LogP contribution is -2.55. The minimum atomic E-state index is -1.11. The van der Waals surface area contributed by atoms with Crippen LogP contribution < -0.4 is 9.64 Å². The zero-order valence-electron chi connectivity index (χ0n) is 19.3. The molecule has 6 heteroatoms. The number of hydrogen-bond acceptors (Lipinski definition) is 6. The quantitative estimate of drug-likeness (QED) is 0.720. The SMILES string of the molecule is Cc1ccc(OCC2(O)COCCN(CC3(O)CCN(c4ccc(C)cc4)CC3)C2)cc1. The average Bonchev–Trinajstić information content (AvgIpc) is 2.95. The molecule has 1 atom stereocenters. The van der Waals surface area contributed by atoms with Gasteiger partial charge in [-0.25, -0.2) is 0 Å². The van der Waals surface area contributed by atoms with Gasteiger partial charge in [0.1, 0.15) is 18.0 Å². The summed E-state index contributed by atoms with van der Waals surface area (Å²) < 4.78 is 11.6. The van der Waals surface area contributed by atoms with Crippen LogP contribution >= 0.6 is 0 Å². The molecule has 2 aromatic rings. The Balaban J connectivity index is 1.32. The lowest BCUT2D eigenvalue weighted by molar-refractivity contribution is -0.0742. The summed E-state index contributed by atoms with van der Waals surface area (Å²) in [6.07, 6.45) is 1.41. The highest BCUT2D eigenvalue weighted by molar-refractivity contribution is 5.48. The van der Waals surface area contributed by atoms with E-state index in [0.29, 0.717) is 39.1 Å². The number of rotatable bonds is 6. The van der Waals surface area contributed by atoms with Crippen LogP contribution in [0.1, 0.15) is 24.0 Å². The van der Waals surface area contributed by atoms with Crippen LogP contribution in [0.5, 0.6) is 5.75 Å². The Kier molecular flexibility index (Phi) is 7.05. The third-order valence-corrected chi connectivity index (χ3v) is 6.58. The molecule has 0 radical (unpaired) electrons. The first-order valence-corrected chi connectivity index (χ1v) is 11.6. The number of ether oxygens (including phenoxy) is 2. The minimum Gasteiger partial charge on any atom is -0.490 e. The molecule has 0 spiro atoms. The Morgan fingerprint density at radius 3 is 2.16 bits per heavy atom. The number of piperidine rings is 1. The Bertz CT molecular complexity index is 862. The van der Waals surface area contributed by atoms with E-state index in [0.717, 1.165) is 18.8 Å². The molecule has 0 bridgehead atoms. The summed E-state index contributed by atoms with van der Waals surface area (Å²) in [5.74, 6) is 0.738. The van der Waals surface area contributed by atoms with Gasteiger partial charge in [-0.2, -0.15) is 0 Å². The van der Waals surface area contributed by atoms with Crippen molar-refractivity contribution in [2.24, 2.45) is 0 Å². The van der Waals surface area contributed by atoms with E-state index in [1.54, 1.807) is 0 Å². The van der Waals surface area contributed by atoms with E-state index < -0.39 is 11.2 Å². The van der Waals surface area contributed by atoms with Gasteiger partial charge in [0.2, 0.25) is 0 Å². The second-order valence-corrected chi connectivity index (χ2v) is 9.64. The van der Waals surface area contributed by atoms with Crippen molar-refractivity contribution in [1.82, 2.24) is 4.90 Å². The average molecular weight is 441 g/mol.